The Balaban J connectivity index is 1.98. The lowest BCUT2D eigenvalue weighted by Gasteiger charge is -2.27. The van der Waals surface area contributed by atoms with E-state index in [0.29, 0.717) is 6.04 Å². The maximum atomic E-state index is 4.11. The van der Waals surface area contributed by atoms with E-state index in [1.165, 1.54) is 29.7 Å². The molecule has 1 atom stereocenters. The third kappa shape index (κ3) is 1.88. The number of rotatable bonds is 3. The lowest BCUT2D eigenvalue weighted by Crippen LogP contribution is -2.21. The Labute approximate surface area is 108 Å². The van der Waals surface area contributed by atoms with E-state index in [1.54, 1.807) is 0 Å². The molecule has 0 radical (unpaired) electrons. The van der Waals surface area contributed by atoms with E-state index in [-0.39, 0.29) is 0 Å². The molecule has 3 rings (SSSR count). The molecule has 1 aromatic heterocycles. The number of anilines is 1. The van der Waals surface area contributed by atoms with Gasteiger partial charge in [0, 0.05) is 24.6 Å². The predicted molar refractivity (Wildman–Crippen MR) is 74.5 cm³/mol. The average Bonchev–Trinajstić information content (AvgIpc) is 2.80. The van der Waals surface area contributed by atoms with Gasteiger partial charge in [0.05, 0.1) is 6.04 Å². The molecule has 1 aliphatic heterocycles. The predicted octanol–water partition coefficient (Wildman–Crippen LogP) is 3.94. The third-order valence-electron chi connectivity index (χ3n) is 3.69. The van der Waals surface area contributed by atoms with Crippen LogP contribution in [-0.2, 0) is 6.54 Å². The second-order valence-corrected chi connectivity index (χ2v) is 4.84. The zero-order chi connectivity index (χ0) is 12.4. The molecular formula is C16H18N2. The van der Waals surface area contributed by atoms with Crippen LogP contribution in [0.25, 0.3) is 0 Å². The summed E-state index contributed by atoms with van der Waals surface area (Å²) >= 11 is 0. The van der Waals surface area contributed by atoms with Crippen molar-refractivity contribution < 1.29 is 0 Å². The summed E-state index contributed by atoms with van der Waals surface area (Å²) < 4.78 is 0. The number of fused-ring (bicyclic) bond motifs is 1. The van der Waals surface area contributed by atoms with Crippen molar-refractivity contribution in [2.75, 3.05) is 4.90 Å². The Kier molecular flexibility index (Phi) is 3.01. The highest BCUT2D eigenvalue weighted by molar-refractivity contribution is 5.53. The van der Waals surface area contributed by atoms with Crippen molar-refractivity contribution in [1.82, 2.24) is 4.98 Å². The lowest BCUT2D eigenvalue weighted by atomic mass is 10.0. The Morgan fingerprint density at radius 3 is 2.72 bits per heavy atom. The first-order valence-electron chi connectivity index (χ1n) is 6.64. The number of pyridine rings is 1. The summed E-state index contributed by atoms with van der Waals surface area (Å²) in [6.45, 7) is 3.27. The van der Waals surface area contributed by atoms with Crippen LogP contribution in [0.4, 0.5) is 5.69 Å². The Bertz CT molecular complexity index is 522. The number of benzene rings is 1. The van der Waals surface area contributed by atoms with E-state index >= 15 is 0 Å². The fraction of sp³-hybridized carbons (Fsp3) is 0.312. The highest BCUT2D eigenvalue weighted by atomic mass is 15.2. The molecule has 18 heavy (non-hydrogen) atoms. The standard InChI is InChI=1S/C16H18N2/c1-2-5-16-15-7-4-3-6-13(15)12-18(16)14-8-10-17-11-9-14/h3-4,6-11,16H,2,5,12H2,1H3. The normalized spacial score (nSPS) is 17.8. The number of nitrogens with zero attached hydrogens (tertiary/aromatic N) is 2. The molecule has 2 aromatic rings. The zero-order valence-corrected chi connectivity index (χ0v) is 10.7. The van der Waals surface area contributed by atoms with Crippen LogP contribution in [0.5, 0.6) is 0 Å². The minimum Gasteiger partial charge on any atom is -0.360 e. The minimum atomic E-state index is 0.522. The maximum absolute atomic E-state index is 4.11. The van der Waals surface area contributed by atoms with Crippen molar-refractivity contribution in [3.63, 3.8) is 0 Å². The fourth-order valence-electron chi connectivity index (χ4n) is 2.86. The smallest absolute Gasteiger partial charge is 0.0549 e. The monoisotopic (exact) mass is 238 g/mol. The summed E-state index contributed by atoms with van der Waals surface area (Å²) in [6, 6.07) is 13.5. The third-order valence-corrected chi connectivity index (χ3v) is 3.69. The summed E-state index contributed by atoms with van der Waals surface area (Å²) in [4.78, 5) is 6.61. The first-order chi connectivity index (χ1) is 8.90. The topological polar surface area (TPSA) is 16.1 Å². The van der Waals surface area contributed by atoms with Gasteiger partial charge in [0.2, 0.25) is 0 Å². The van der Waals surface area contributed by atoms with Gasteiger partial charge in [-0.25, -0.2) is 0 Å². The molecule has 1 aliphatic rings. The highest BCUT2D eigenvalue weighted by Gasteiger charge is 2.28. The van der Waals surface area contributed by atoms with Crippen molar-refractivity contribution in [2.24, 2.45) is 0 Å². The van der Waals surface area contributed by atoms with Gasteiger partial charge in [-0.15, -0.1) is 0 Å². The Morgan fingerprint density at radius 1 is 1.17 bits per heavy atom. The zero-order valence-electron chi connectivity index (χ0n) is 10.7. The van der Waals surface area contributed by atoms with Crippen LogP contribution in [0.3, 0.4) is 0 Å². The molecule has 0 amide bonds. The molecule has 0 bridgehead atoms. The molecule has 0 spiro atoms. The first kappa shape index (κ1) is 11.3. The van der Waals surface area contributed by atoms with Gasteiger partial charge in [-0.3, -0.25) is 4.98 Å². The molecule has 1 unspecified atom stereocenters. The largest absolute Gasteiger partial charge is 0.360 e. The van der Waals surface area contributed by atoms with Gasteiger partial charge in [0.25, 0.3) is 0 Å². The summed E-state index contributed by atoms with van der Waals surface area (Å²) in [6.07, 6.45) is 6.17. The second-order valence-electron chi connectivity index (χ2n) is 4.84. The van der Waals surface area contributed by atoms with Crippen LogP contribution in [0, 0.1) is 0 Å². The minimum absolute atomic E-state index is 0.522. The van der Waals surface area contributed by atoms with Crippen molar-refractivity contribution in [3.05, 3.63) is 59.9 Å². The summed E-state index contributed by atoms with van der Waals surface area (Å²) in [7, 11) is 0. The molecule has 1 aromatic carbocycles. The number of aromatic nitrogens is 1. The van der Waals surface area contributed by atoms with E-state index in [0.717, 1.165) is 6.54 Å². The van der Waals surface area contributed by atoms with Gasteiger partial charge in [-0.2, -0.15) is 0 Å². The van der Waals surface area contributed by atoms with Crippen molar-refractivity contribution in [3.8, 4) is 0 Å². The average molecular weight is 238 g/mol. The van der Waals surface area contributed by atoms with Crippen LogP contribution < -0.4 is 4.90 Å². The lowest BCUT2D eigenvalue weighted by molar-refractivity contribution is 0.603. The van der Waals surface area contributed by atoms with Crippen LogP contribution in [0.15, 0.2) is 48.8 Å². The Hall–Kier alpha value is -1.83. The van der Waals surface area contributed by atoms with Gasteiger partial charge in [0.1, 0.15) is 0 Å². The quantitative estimate of drug-likeness (QED) is 0.805. The van der Waals surface area contributed by atoms with E-state index in [2.05, 4.69) is 53.2 Å². The molecule has 0 aliphatic carbocycles. The SMILES string of the molecule is CCCC1c2ccccc2CN1c1ccncc1. The van der Waals surface area contributed by atoms with E-state index in [1.807, 2.05) is 12.4 Å². The van der Waals surface area contributed by atoms with Gasteiger partial charge < -0.3 is 4.90 Å². The van der Waals surface area contributed by atoms with E-state index in [9.17, 15) is 0 Å². The molecule has 2 heterocycles. The van der Waals surface area contributed by atoms with Gasteiger partial charge in [-0.1, -0.05) is 37.6 Å². The molecule has 2 nitrogen and oxygen atoms in total. The van der Waals surface area contributed by atoms with E-state index in [4.69, 9.17) is 0 Å². The van der Waals surface area contributed by atoms with Crippen LogP contribution in [-0.4, -0.2) is 4.98 Å². The molecule has 0 N–H and O–H groups in total. The van der Waals surface area contributed by atoms with Gasteiger partial charge >= 0.3 is 0 Å². The van der Waals surface area contributed by atoms with Gasteiger partial charge in [-0.05, 0) is 29.7 Å². The van der Waals surface area contributed by atoms with Crippen LogP contribution in [0.2, 0.25) is 0 Å². The Morgan fingerprint density at radius 2 is 1.94 bits per heavy atom. The van der Waals surface area contributed by atoms with Gasteiger partial charge in [0.15, 0.2) is 0 Å². The number of hydrogen-bond acceptors (Lipinski definition) is 2. The first-order valence-corrected chi connectivity index (χ1v) is 6.64. The number of hydrogen-bond donors (Lipinski definition) is 0. The fourth-order valence-corrected chi connectivity index (χ4v) is 2.86. The molecule has 92 valence electrons. The molecule has 0 saturated carbocycles. The summed E-state index contributed by atoms with van der Waals surface area (Å²) in [5, 5.41) is 0. The van der Waals surface area contributed by atoms with Crippen LogP contribution in [0.1, 0.15) is 36.9 Å². The molecular weight excluding hydrogens is 220 g/mol. The highest BCUT2D eigenvalue weighted by Crippen LogP contribution is 2.39. The molecule has 2 heteroatoms. The maximum Gasteiger partial charge on any atom is 0.0549 e. The second kappa shape index (κ2) is 4.81. The van der Waals surface area contributed by atoms with Crippen molar-refractivity contribution >= 4 is 5.69 Å². The molecule has 0 saturated heterocycles. The van der Waals surface area contributed by atoms with Crippen LogP contribution >= 0.6 is 0 Å². The van der Waals surface area contributed by atoms with E-state index < -0.39 is 0 Å². The van der Waals surface area contributed by atoms with Crippen molar-refractivity contribution in [2.45, 2.75) is 32.4 Å². The summed E-state index contributed by atoms with van der Waals surface area (Å²) in [5.41, 5.74) is 4.24. The summed E-state index contributed by atoms with van der Waals surface area (Å²) in [5.74, 6) is 0. The molecule has 0 fully saturated rings. The van der Waals surface area contributed by atoms with Crippen molar-refractivity contribution in [1.29, 1.82) is 0 Å².